The molecule has 2 heterocycles. The summed E-state index contributed by atoms with van der Waals surface area (Å²) >= 11 is 0. The minimum Gasteiger partial charge on any atom is -0.361 e. The molecule has 25 heavy (non-hydrogen) atoms. The number of aromatic nitrogens is 1. The first kappa shape index (κ1) is 17.6. The van der Waals surface area contributed by atoms with Crippen molar-refractivity contribution in [3.63, 3.8) is 0 Å². The van der Waals surface area contributed by atoms with E-state index in [1.807, 2.05) is 50.2 Å². The Labute approximate surface area is 148 Å². The van der Waals surface area contributed by atoms with Gasteiger partial charge in [-0.15, -0.1) is 0 Å². The van der Waals surface area contributed by atoms with E-state index in [0.29, 0.717) is 6.54 Å². The Hall–Kier alpha value is -2.18. The number of benzene rings is 1. The predicted octanol–water partition coefficient (Wildman–Crippen LogP) is 1.98. The lowest BCUT2D eigenvalue weighted by Crippen LogP contribution is -2.49. The number of carbonyl (C=O) groups is 1. The Bertz CT molecular complexity index is 678. The molecule has 6 heteroatoms. The van der Waals surface area contributed by atoms with Gasteiger partial charge >= 0.3 is 0 Å². The molecule has 1 atom stereocenters. The zero-order valence-electron chi connectivity index (χ0n) is 14.9. The van der Waals surface area contributed by atoms with Crippen LogP contribution in [0.15, 0.2) is 40.9 Å². The minimum absolute atomic E-state index is 0.0328. The number of nitrogens with one attached hydrogen (secondary N) is 1. The van der Waals surface area contributed by atoms with Crippen LogP contribution < -0.4 is 5.32 Å². The van der Waals surface area contributed by atoms with Crippen LogP contribution in [0.25, 0.3) is 0 Å². The standard InChI is InChI=1S/C19H26N4O2/c1-15-12-18(21-25-15)13-22-8-10-23(11-9-22)14-19(24)20-16(2)17-6-4-3-5-7-17/h3-7,12,16H,8-11,13-14H2,1-2H3,(H,20,24)/t16-/m0/s1. The van der Waals surface area contributed by atoms with Gasteiger partial charge in [0.1, 0.15) is 5.76 Å². The number of hydrogen-bond donors (Lipinski definition) is 1. The summed E-state index contributed by atoms with van der Waals surface area (Å²) in [4.78, 5) is 16.8. The normalized spacial score (nSPS) is 17.4. The molecule has 1 aromatic heterocycles. The average molecular weight is 342 g/mol. The van der Waals surface area contributed by atoms with Crippen LogP contribution in [0.5, 0.6) is 0 Å². The summed E-state index contributed by atoms with van der Waals surface area (Å²) in [5, 5.41) is 7.13. The molecule has 1 aliphatic rings. The molecule has 1 aliphatic heterocycles. The van der Waals surface area contributed by atoms with Crippen molar-refractivity contribution in [2.24, 2.45) is 0 Å². The molecule has 0 aliphatic carbocycles. The van der Waals surface area contributed by atoms with E-state index < -0.39 is 0 Å². The highest BCUT2D eigenvalue weighted by molar-refractivity contribution is 5.78. The van der Waals surface area contributed by atoms with Crippen molar-refractivity contribution in [2.75, 3.05) is 32.7 Å². The molecule has 2 aromatic rings. The summed E-state index contributed by atoms with van der Waals surface area (Å²) in [6, 6.07) is 12.1. The van der Waals surface area contributed by atoms with Gasteiger partial charge < -0.3 is 9.84 Å². The van der Waals surface area contributed by atoms with Gasteiger partial charge in [-0.3, -0.25) is 14.6 Å². The Kier molecular flexibility index (Phi) is 5.83. The predicted molar refractivity (Wildman–Crippen MR) is 96.0 cm³/mol. The average Bonchev–Trinajstić information content (AvgIpc) is 3.02. The van der Waals surface area contributed by atoms with Crippen molar-refractivity contribution in [1.29, 1.82) is 0 Å². The van der Waals surface area contributed by atoms with Gasteiger partial charge in [-0.05, 0) is 19.4 Å². The first-order valence-corrected chi connectivity index (χ1v) is 8.81. The van der Waals surface area contributed by atoms with Crippen molar-refractivity contribution >= 4 is 5.91 Å². The maximum atomic E-state index is 12.3. The van der Waals surface area contributed by atoms with Gasteiger partial charge in [-0.25, -0.2) is 0 Å². The van der Waals surface area contributed by atoms with Gasteiger partial charge in [0.25, 0.3) is 0 Å². The lowest BCUT2D eigenvalue weighted by molar-refractivity contribution is -0.123. The largest absolute Gasteiger partial charge is 0.361 e. The van der Waals surface area contributed by atoms with Crippen LogP contribution in [-0.4, -0.2) is 53.6 Å². The third-order valence-electron chi connectivity index (χ3n) is 4.57. The van der Waals surface area contributed by atoms with Gasteiger partial charge in [0.05, 0.1) is 18.3 Å². The fourth-order valence-electron chi connectivity index (χ4n) is 3.14. The molecule has 1 aromatic carbocycles. The molecule has 1 N–H and O–H groups in total. The molecular formula is C19H26N4O2. The van der Waals surface area contributed by atoms with E-state index in [9.17, 15) is 4.79 Å². The van der Waals surface area contributed by atoms with E-state index >= 15 is 0 Å². The highest BCUT2D eigenvalue weighted by Crippen LogP contribution is 2.12. The van der Waals surface area contributed by atoms with E-state index in [0.717, 1.165) is 49.7 Å². The van der Waals surface area contributed by atoms with Crippen LogP contribution in [0.3, 0.4) is 0 Å². The molecule has 134 valence electrons. The molecule has 3 rings (SSSR count). The molecule has 0 unspecified atom stereocenters. The summed E-state index contributed by atoms with van der Waals surface area (Å²) in [5.74, 6) is 0.926. The van der Waals surface area contributed by atoms with Crippen molar-refractivity contribution in [2.45, 2.75) is 26.4 Å². The molecular weight excluding hydrogens is 316 g/mol. The first-order valence-electron chi connectivity index (χ1n) is 8.81. The summed E-state index contributed by atoms with van der Waals surface area (Å²) in [5.41, 5.74) is 2.10. The maximum Gasteiger partial charge on any atom is 0.234 e. The Morgan fingerprint density at radius 1 is 1.20 bits per heavy atom. The Morgan fingerprint density at radius 3 is 2.52 bits per heavy atom. The smallest absolute Gasteiger partial charge is 0.234 e. The van der Waals surface area contributed by atoms with Crippen LogP contribution in [-0.2, 0) is 11.3 Å². The molecule has 0 spiro atoms. The second kappa shape index (κ2) is 8.27. The molecule has 1 amide bonds. The molecule has 6 nitrogen and oxygen atoms in total. The first-order chi connectivity index (χ1) is 12.1. The maximum absolute atomic E-state index is 12.3. The van der Waals surface area contributed by atoms with Crippen molar-refractivity contribution in [1.82, 2.24) is 20.3 Å². The highest BCUT2D eigenvalue weighted by atomic mass is 16.5. The third kappa shape index (κ3) is 5.14. The fourth-order valence-corrected chi connectivity index (χ4v) is 3.14. The van der Waals surface area contributed by atoms with Gasteiger partial charge in [0.15, 0.2) is 0 Å². The zero-order valence-corrected chi connectivity index (χ0v) is 14.9. The highest BCUT2D eigenvalue weighted by Gasteiger charge is 2.20. The number of piperazine rings is 1. The second-order valence-corrected chi connectivity index (χ2v) is 6.68. The topological polar surface area (TPSA) is 61.6 Å². The summed E-state index contributed by atoms with van der Waals surface area (Å²) in [6.07, 6.45) is 0. The van der Waals surface area contributed by atoms with Crippen LogP contribution in [0.1, 0.15) is 30.0 Å². The lowest BCUT2D eigenvalue weighted by Gasteiger charge is -2.34. The Morgan fingerprint density at radius 2 is 1.88 bits per heavy atom. The minimum atomic E-state index is 0.0328. The number of hydrogen-bond acceptors (Lipinski definition) is 5. The second-order valence-electron chi connectivity index (χ2n) is 6.68. The SMILES string of the molecule is Cc1cc(CN2CCN(CC(=O)N[C@@H](C)c3ccccc3)CC2)no1. The number of rotatable bonds is 6. The number of aryl methyl sites for hydroxylation is 1. The molecule has 0 bridgehead atoms. The monoisotopic (exact) mass is 342 g/mol. The lowest BCUT2D eigenvalue weighted by atomic mass is 10.1. The van der Waals surface area contributed by atoms with Crippen molar-refractivity contribution in [3.05, 3.63) is 53.4 Å². The van der Waals surface area contributed by atoms with Gasteiger partial charge in [0, 0.05) is 38.8 Å². The van der Waals surface area contributed by atoms with Gasteiger partial charge in [0.2, 0.25) is 5.91 Å². The molecule has 0 radical (unpaired) electrons. The van der Waals surface area contributed by atoms with Gasteiger partial charge in [-0.2, -0.15) is 0 Å². The number of nitrogens with zero attached hydrogens (tertiary/aromatic N) is 3. The molecule has 0 saturated carbocycles. The van der Waals surface area contributed by atoms with Crippen molar-refractivity contribution < 1.29 is 9.32 Å². The number of carbonyl (C=O) groups excluding carboxylic acids is 1. The van der Waals surface area contributed by atoms with E-state index in [4.69, 9.17) is 4.52 Å². The zero-order chi connectivity index (χ0) is 17.6. The van der Waals surface area contributed by atoms with Crippen LogP contribution in [0.4, 0.5) is 0 Å². The van der Waals surface area contributed by atoms with E-state index in [2.05, 4.69) is 20.3 Å². The third-order valence-corrected chi connectivity index (χ3v) is 4.57. The van der Waals surface area contributed by atoms with Crippen LogP contribution in [0.2, 0.25) is 0 Å². The van der Waals surface area contributed by atoms with E-state index in [-0.39, 0.29) is 11.9 Å². The Balaban J connectivity index is 1.40. The number of amides is 1. The summed E-state index contributed by atoms with van der Waals surface area (Å²) in [7, 11) is 0. The molecule has 1 fully saturated rings. The van der Waals surface area contributed by atoms with Crippen LogP contribution in [0, 0.1) is 6.92 Å². The van der Waals surface area contributed by atoms with Gasteiger partial charge in [-0.1, -0.05) is 35.5 Å². The van der Waals surface area contributed by atoms with E-state index in [1.165, 1.54) is 0 Å². The molecule has 1 saturated heterocycles. The van der Waals surface area contributed by atoms with Crippen molar-refractivity contribution in [3.8, 4) is 0 Å². The summed E-state index contributed by atoms with van der Waals surface area (Å²) in [6.45, 7) is 8.85. The fraction of sp³-hybridized carbons (Fsp3) is 0.474. The summed E-state index contributed by atoms with van der Waals surface area (Å²) < 4.78 is 5.11. The quantitative estimate of drug-likeness (QED) is 0.870. The van der Waals surface area contributed by atoms with Crippen LogP contribution >= 0.6 is 0 Å². The van der Waals surface area contributed by atoms with E-state index in [1.54, 1.807) is 0 Å².